The van der Waals surface area contributed by atoms with E-state index in [1.807, 2.05) is 36.0 Å². The van der Waals surface area contributed by atoms with Crippen LogP contribution >= 0.6 is 11.8 Å². The SMILES string of the molecule is CC(=O)N(c1cccc2cc(S(=O)(=O)N3CC4CC3CS4)ccc12)N1CCN(C)CC1. The summed E-state index contributed by atoms with van der Waals surface area (Å²) in [5, 5.41) is 5.98. The second-order valence-electron chi connectivity index (χ2n) is 8.67. The molecule has 3 saturated heterocycles. The van der Waals surface area contributed by atoms with E-state index >= 15 is 0 Å². The highest BCUT2D eigenvalue weighted by atomic mass is 32.2. The fourth-order valence-electron chi connectivity index (χ4n) is 4.90. The van der Waals surface area contributed by atoms with Crippen molar-refractivity contribution in [1.29, 1.82) is 0 Å². The molecule has 9 heteroatoms. The van der Waals surface area contributed by atoms with Gasteiger partial charge in [0, 0.05) is 62.1 Å². The van der Waals surface area contributed by atoms with Crippen LogP contribution in [0, 0.1) is 0 Å². The van der Waals surface area contributed by atoms with Gasteiger partial charge in [0.1, 0.15) is 0 Å². The van der Waals surface area contributed by atoms with Crippen LogP contribution < -0.4 is 5.01 Å². The fraction of sp³-hybridized carbons (Fsp3) is 0.500. The molecule has 2 atom stereocenters. The Kier molecular flexibility index (Phi) is 5.50. The van der Waals surface area contributed by atoms with Gasteiger partial charge in [0.05, 0.1) is 10.6 Å². The van der Waals surface area contributed by atoms with Gasteiger partial charge in [-0.1, -0.05) is 18.2 Å². The quantitative estimate of drug-likeness (QED) is 0.697. The first-order valence-corrected chi connectivity index (χ1v) is 13.2. The number of carbonyl (C=O) groups is 1. The van der Waals surface area contributed by atoms with E-state index < -0.39 is 10.0 Å². The number of benzene rings is 2. The lowest BCUT2D eigenvalue weighted by Crippen LogP contribution is -2.54. The van der Waals surface area contributed by atoms with E-state index in [9.17, 15) is 13.2 Å². The standard InChI is InChI=1S/C22H28N4O3S2/c1-16(27)26(24-10-8-23(2)9-11-24)22-5-3-4-17-12-20(6-7-21(17)22)31(28,29)25-14-19-13-18(25)15-30-19/h3-7,12,18-19H,8-11,13-15H2,1-2H3. The minimum atomic E-state index is -3.51. The third-order valence-electron chi connectivity index (χ3n) is 6.57. The maximum atomic E-state index is 13.3. The Morgan fingerprint density at radius 3 is 2.55 bits per heavy atom. The van der Waals surface area contributed by atoms with Gasteiger partial charge in [-0.2, -0.15) is 16.1 Å². The van der Waals surface area contributed by atoms with Gasteiger partial charge >= 0.3 is 0 Å². The summed E-state index contributed by atoms with van der Waals surface area (Å²) < 4.78 is 28.3. The summed E-state index contributed by atoms with van der Waals surface area (Å²) in [5.74, 6) is 0.847. The number of thioether (sulfide) groups is 1. The number of likely N-dealkylation sites (N-methyl/N-ethyl adjacent to an activating group) is 1. The van der Waals surface area contributed by atoms with Gasteiger partial charge in [-0.05, 0) is 37.1 Å². The number of hydrogen-bond acceptors (Lipinski definition) is 6. The average molecular weight is 461 g/mol. The molecular formula is C22H28N4O3S2. The number of hydrogen-bond donors (Lipinski definition) is 0. The van der Waals surface area contributed by atoms with Crippen molar-refractivity contribution in [2.75, 3.05) is 50.5 Å². The van der Waals surface area contributed by atoms with Crippen molar-refractivity contribution in [3.63, 3.8) is 0 Å². The number of rotatable bonds is 4. The summed E-state index contributed by atoms with van der Waals surface area (Å²) in [5.41, 5.74) is 0.801. The lowest BCUT2D eigenvalue weighted by molar-refractivity contribution is -0.120. The molecule has 0 radical (unpaired) electrons. The van der Waals surface area contributed by atoms with Crippen LogP contribution in [0.1, 0.15) is 13.3 Å². The molecule has 2 aromatic rings. The van der Waals surface area contributed by atoms with Gasteiger partial charge < -0.3 is 4.90 Å². The van der Waals surface area contributed by atoms with Crippen molar-refractivity contribution >= 4 is 44.2 Å². The maximum Gasteiger partial charge on any atom is 0.243 e. The minimum absolute atomic E-state index is 0.0423. The van der Waals surface area contributed by atoms with Crippen LogP contribution in [-0.4, -0.2) is 85.4 Å². The van der Waals surface area contributed by atoms with Gasteiger partial charge in [0.25, 0.3) is 0 Å². The topological polar surface area (TPSA) is 64.2 Å². The van der Waals surface area contributed by atoms with E-state index in [0.717, 1.165) is 54.8 Å². The summed E-state index contributed by atoms with van der Waals surface area (Å²) in [6.45, 7) is 5.52. The molecule has 0 saturated carbocycles. The molecule has 2 aromatic carbocycles. The molecule has 3 aliphatic rings. The molecule has 0 aliphatic carbocycles. The van der Waals surface area contributed by atoms with Gasteiger partial charge in [-0.3, -0.25) is 4.79 Å². The second kappa shape index (κ2) is 8.04. The zero-order valence-electron chi connectivity index (χ0n) is 17.9. The van der Waals surface area contributed by atoms with Crippen LogP contribution in [0.25, 0.3) is 10.8 Å². The molecule has 166 valence electrons. The third-order valence-corrected chi connectivity index (χ3v) is 9.88. The zero-order valence-corrected chi connectivity index (χ0v) is 19.5. The predicted molar refractivity (Wildman–Crippen MR) is 125 cm³/mol. The Labute approximate surface area is 188 Å². The van der Waals surface area contributed by atoms with E-state index in [2.05, 4.69) is 17.0 Å². The lowest BCUT2D eigenvalue weighted by Gasteiger charge is -2.40. The predicted octanol–water partition coefficient (Wildman–Crippen LogP) is 2.23. The molecule has 1 amide bonds. The van der Waals surface area contributed by atoms with Crippen LogP contribution in [0.4, 0.5) is 5.69 Å². The molecule has 3 fully saturated rings. The number of piperazine rings is 1. The van der Waals surface area contributed by atoms with E-state index in [-0.39, 0.29) is 11.9 Å². The summed E-state index contributed by atoms with van der Waals surface area (Å²) in [7, 11) is -1.43. The first kappa shape index (κ1) is 21.2. The minimum Gasteiger partial charge on any atom is -0.304 e. The van der Waals surface area contributed by atoms with E-state index in [1.54, 1.807) is 28.4 Å². The number of anilines is 1. The Morgan fingerprint density at radius 2 is 1.90 bits per heavy atom. The summed E-state index contributed by atoms with van der Waals surface area (Å²) >= 11 is 1.88. The van der Waals surface area contributed by atoms with Crippen molar-refractivity contribution in [2.45, 2.75) is 29.5 Å². The van der Waals surface area contributed by atoms with Crippen LogP contribution in [0.15, 0.2) is 41.3 Å². The van der Waals surface area contributed by atoms with Gasteiger partial charge in [-0.25, -0.2) is 18.4 Å². The number of nitrogens with zero attached hydrogens (tertiary/aromatic N) is 4. The molecule has 7 nitrogen and oxygen atoms in total. The Balaban J connectivity index is 1.51. The summed E-state index contributed by atoms with van der Waals surface area (Å²) in [4.78, 5) is 15.2. The highest BCUT2D eigenvalue weighted by Crippen LogP contribution is 2.41. The molecule has 5 rings (SSSR count). The van der Waals surface area contributed by atoms with Crippen LogP contribution in [0.3, 0.4) is 0 Å². The van der Waals surface area contributed by atoms with E-state index in [0.29, 0.717) is 16.7 Å². The van der Waals surface area contributed by atoms with Gasteiger partial charge in [-0.15, -0.1) is 0 Å². The molecule has 3 heterocycles. The van der Waals surface area contributed by atoms with Crippen LogP contribution in [0.5, 0.6) is 0 Å². The average Bonchev–Trinajstić information content (AvgIpc) is 3.39. The number of carbonyl (C=O) groups excluding carboxylic acids is 1. The Morgan fingerprint density at radius 1 is 1.13 bits per heavy atom. The van der Waals surface area contributed by atoms with Crippen molar-refractivity contribution in [1.82, 2.24) is 14.2 Å². The van der Waals surface area contributed by atoms with Gasteiger partial charge in [0.2, 0.25) is 15.9 Å². The first-order valence-electron chi connectivity index (χ1n) is 10.7. The zero-order chi connectivity index (χ0) is 21.8. The molecule has 2 unspecified atom stereocenters. The number of fused-ring (bicyclic) bond motifs is 3. The number of hydrazine groups is 1. The summed E-state index contributed by atoms with van der Waals surface area (Å²) in [6.07, 6.45) is 0.959. The first-order chi connectivity index (χ1) is 14.8. The molecule has 0 N–H and O–H groups in total. The molecule has 3 aliphatic heterocycles. The lowest BCUT2D eigenvalue weighted by atomic mass is 10.1. The highest BCUT2D eigenvalue weighted by Gasteiger charge is 2.44. The van der Waals surface area contributed by atoms with Crippen molar-refractivity contribution < 1.29 is 13.2 Å². The number of amides is 1. The summed E-state index contributed by atoms with van der Waals surface area (Å²) in [6, 6.07) is 11.2. The molecule has 0 aromatic heterocycles. The second-order valence-corrected chi connectivity index (χ2v) is 11.9. The van der Waals surface area contributed by atoms with Crippen LogP contribution in [0.2, 0.25) is 0 Å². The van der Waals surface area contributed by atoms with E-state index in [4.69, 9.17) is 0 Å². The largest absolute Gasteiger partial charge is 0.304 e. The van der Waals surface area contributed by atoms with E-state index in [1.165, 1.54) is 0 Å². The molecule has 31 heavy (non-hydrogen) atoms. The Hall–Kier alpha value is -1.65. The monoisotopic (exact) mass is 460 g/mol. The highest BCUT2D eigenvalue weighted by molar-refractivity contribution is 8.00. The van der Waals surface area contributed by atoms with Crippen LogP contribution in [-0.2, 0) is 14.8 Å². The third kappa shape index (κ3) is 3.76. The normalized spacial score (nSPS) is 25.4. The van der Waals surface area contributed by atoms with Crippen molar-refractivity contribution in [3.8, 4) is 0 Å². The molecule has 2 bridgehead atoms. The molecular weight excluding hydrogens is 432 g/mol. The maximum absolute atomic E-state index is 13.3. The van der Waals surface area contributed by atoms with Crippen molar-refractivity contribution in [3.05, 3.63) is 36.4 Å². The van der Waals surface area contributed by atoms with Gasteiger partial charge in [0.15, 0.2) is 0 Å². The molecule has 0 spiro atoms. The fourth-order valence-corrected chi connectivity index (χ4v) is 8.24. The Bertz CT molecular complexity index is 1110. The van der Waals surface area contributed by atoms with Crippen molar-refractivity contribution in [2.24, 2.45) is 0 Å². The smallest absolute Gasteiger partial charge is 0.243 e. The number of sulfonamides is 1.